The van der Waals surface area contributed by atoms with E-state index in [0.29, 0.717) is 24.0 Å². The average molecular weight is 335 g/mol. The summed E-state index contributed by atoms with van der Waals surface area (Å²) >= 11 is 0. The van der Waals surface area contributed by atoms with Gasteiger partial charge in [0.1, 0.15) is 11.3 Å². The van der Waals surface area contributed by atoms with Gasteiger partial charge in [0.15, 0.2) is 11.5 Å². The van der Waals surface area contributed by atoms with Gasteiger partial charge in [0.25, 0.3) is 0 Å². The van der Waals surface area contributed by atoms with Crippen LogP contribution in [0.4, 0.5) is 0 Å². The number of aryl methyl sites for hydroxylation is 3. The molecule has 0 saturated carbocycles. The molecule has 2 aromatic heterocycles. The van der Waals surface area contributed by atoms with Crippen molar-refractivity contribution in [3.05, 3.63) is 59.8 Å². The van der Waals surface area contributed by atoms with Gasteiger partial charge < -0.3 is 13.7 Å². The summed E-state index contributed by atoms with van der Waals surface area (Å²) in [4.78, 5) is 8.82. The first-order valence-corrected chi connectivity index (χ1v) is 8.05. The molecule has 126 valence electrons. The normalized spacial score (nSPS) is 11.1. The number of ether oxygens (including phenoxy) is 1. The lowest BCUT2D eigenvalue weighted by molar-refractivity contribution is 0.376. The molecule has 0 fully saturated rings. The lowest BCUT2D eigenvalue weighted by Crippen LogP contribution is -1.95. The third kappa shape index (κ3) is 3.10. The molecule has 2 heterocycles. The van der Waals surface area contributed by atoms with E-state index in [1.807, 2.05) is 49.4 Å². The molecule has 0 bridgehead atoms. The second-order valence-corrected chi connectivity index (χ2v) is 5.74. The summed E-state index contributed by atoms with van der Waals surface area (Å²) in [5, 5.41) is 4.08. The van der Waals surface area contributed by atoms with Gasteiger partial charge in [0, 0.05) is 18.9 Å². The summed E-state index contributed by atoms with van der Waals surface area (Å²) in [6, 6.07) is 13.6. The van der Waals surface area contributed by atoms with Crippen molar-refractivity contribution in [3.8, 4) is 17.1 Å². The minimum absolute atomic E-state index is 0.553. The predicted octanol–water partition coefficient (Wildman–Crippen LogP) is 3.98. The monoisotopic (exact) mass is 335 g/mol. The maximum Gasteiger partial charge on any atom is 0.227 e. The highest BCUT2D eigenvalue weighted by molar-refractivity contribution is 5.78. The zero-order chi connectivity index (χ0) is 17.2. The average Bonchev–Trinajstić information content (AvgIpc) is 3.25. The number of hydrogen-bond acceptors (Lipinski definition) is 6. The maximum atomic E-state index is 5.49. The molecule has 0 N–H and O–H groups in total. The molecule has 6 heteroatoms. The fraction of sp³-hybridized carbons (Fsp3) is 0.211. The third-order valence-electron chi connectivity index (χ3n) is 4.02. The molecule has 0 aliphatic carbocycles. The van der Waals surface area contributed by atoms with Crippen LogP contribution in [-0.2, 0) is 12.8 Å². The number of nitrogens with zero attached hydrogens (tertiary/aromatic N) is 3. The first-order chi connectivity index (χ1) is 12.2. The number of fused-ring (bicyclic) bond motifs is 1. The van der Waals surface area contributed by atoms with Crippen molar-refractivity contribution in [1.82, 2.24) is 15.1 Å². The Balaban J connectivity index is 1.53. The second kappa shape index (κ2) is 6.39. The number of benzene rings is 2. The van der Waals surface area contributed by atoms with Gasteiger partial charge in [-0.1, -0.05) is 23.4 Å². The molecule has 4 aromatic rings. The van der Waals surface area contributed by atoms with E-state index < -0.39 is 0 Å². The van der Waals surface area contributed by atoms with E-state index in [4.69, 9.17) is 13.7 Å². The maximum absolute atomic E-state index is 5.49. The standard InChI is InChI=1S/C19H17N3O3/c1-12-20-15-11-14(7-9-17(15)24-12)19-21-18(25-22-19)10-8-13-5-3-4-6-16(13)23-2/h3-7,9,11H,8,10H2,1-2H3. The van der Waals surface area contributed by atoms with Crippen LogP contribution in [0, 0.1) is 6.92 Å². The van der Waals surface area contributed by atoms with E-state index in [9.17, 15) is 0 Å². The van der Waals surface area contributed by atoms with Crippen LogP contribution in [0.15, 0.2) is 51.4 Å². The minimum Gasteiger partial charge on any atom is -0.496 e. The number of aromatic nitrogens is 3. The molecule has 0 aliphatic heterocycles. The number of para-hydroxylation sites is 1. The summed E-state index contributed by atoms with van der Waals surface area (Å²) in [6.45, 7) is 1.82. The van der Waals surface area contributed by atoms with Crippen molar-refractivity contribution in [2.75, 3.05) is 7.11 Å². The van der Waals surface area contributed by atoms with Gasteiger partial charge in [-0.25, -0.2) is 4.98 Å². The van der Waals surface area contributed by atoms with Gasteiger partial charge in [-0.3, -0.25) is 0 Å². The van der Waals surface area contributed by atoms with Crippen LogP contribution in [0.2, 0.25) is 0 Å². The number of methoxy groups -OCH3 is 1. The van der Waals surface area contributed by atoms with Crippen LogP contribution in [0.1, 0.15) is 17.3 Å². The Labute approximate surface area is 144 Å². The Hall–Kier alpha value is -3.15. The Morgan fingerprint density at radius 1 is 1.04 bits per heavy atom. The molecule has 0 unspecified atom stereocenters. The second-order valence-electron chi connectivity index (χ2n) is 5.74. The quantitative estimate of drug-likeness (QED) is 0.549. The fourth-order valence-electron chi connectivity index (χ4n) is 2.81. The molecule has 0 spiro atoms. The highest BCUT2D eigenvalue weighted by atomic mass is 16.5. The summed E-state index contributed by atoms with van der Waals surface area (Å²) in [5.74, 6) is 2.65. The van der Waals surface area contributed by atoms with Crippen LogP contribution in [0.3, 0.4) is 0 Å². The van der Waals surface area contributed by atoms with Crippen LogP contribution in [0.25, 0.3) is 22.5 Å². The molecule has 4 rings (SSSR count). The van der Waals surface area contributed by atoms with Crippen LogP contribution in [-0.4, -0.2) is 22.2 Å². The molecule has 0 amide bonds. The van der Waals surface area contributed by atoms with Gasteiger partial charge in [-0.05, 0) is 36.2 Å². The first-order valence-electron chi connectivity index (χ1n) is 8.05. The van der Waals surface area contributed by atoms with E-state index in [2.05, 4.69) is 15.1 Å². The van der Waals surface area contributed by atoms with E-state index in [-0.39, 0.29) is 0 Å². The Morgan fingerprint density at radius 3 is 2.80 bits per heavy atom. The summed E-state index contributed by atoms with van der Waals surface area (Å²) in [6.07, 6.45) is 1.42. The Bertz CT molecular complexity index is 1020. The largest absolute Gasteiger partial charge is 0.496 e. The summed E-state index contributed by atoms with van der Waals surface area (Å²) in [7, 11) is 1.67. The van der Waals surface area contributed by atoms with Crippen LogP contribution >= 0.6 is 0 Å². The summed E-state index contributed by atoms with van der Waals surface area (Å²) < 4.78 is 16.2. The Kier molecular flexibility index (Phi) is 3.93. The topological polar surface area (TPSA) is 74.2 Å². The summed E-state index contributed by atoms with van der Waals surface area (Å²) in [5.41, 5.74) is 3.51. The number of rotatable bonds is 5. The first kappa shape index (κ1) is 15.4. The molecule has 25 heavy (non-hydrogen) atoms. The molecular formula is C19H17N3O3. The fourth-order valence-corrected chi connectivity index (χ4v) is 2.81. The van der Waals surface area contributed by atoms with E-state index in [1.165, 1.54) is 0 Å². The van der Waals surface area contributed by atoms with E-state index >= 15 is 0 Å². The smallest absolute Gasteiger partial charge is 0.227 e. The lowest BCUT2D eigenvalue weighted by Gasteiger charge is -2.05. The molecule has 6 nitrogen and oxygen atoms in total. The zero-order valence-electron chi connectivity index (χ0n) is 14.0. The zero-order valence-corrected chi connectivity index (χ0v) is 14.0. The molecular weight excluding hydrogens is 318 g/mol. The van der Waals surface area contributed by atoms with Gasteiger partial charge in [0.05, 0.1) is 7.11 Å². The lowest BCUT2D eigenvalue weighted by atomic mass is 10.1. The van der Waals surface area contributed by atoms with Crippen LogP contribution in [0.5, 0.6) is 5.75 Å². The number of hydrogen-bond donors (Lipinski definition) is 0. The van der Waals surface area contributed by atoms with Crippen molar-refractivity contribution in [2.45, 2.75) is 19.8 Å². The van der Waals surface area contributed by atoms with E-state index in [0.717, 1.165) is 34.4 Å². The molecule has 2 aromatic carbocycles. The Morgan fingerprint density at radius 2 is 1.92 bits per heavy atom. The van der Waals surface area contributed by atoms with E-state index in [1.54, 1.807) is 7.11 Å². The molecule has 0 saturated heterocycles. The number of oxazole rings is 1. The highest BCUT2D eigenvalue weighted by Crippen LogP contribution is 2.24. The predicted molar refractivity (Wildman–Crippen MR) is 92.4 cm³/mol. The minimum atomic E-state index is 0.553. The van der Waals surface area contributed by atoms with Crippen LogP contribution < -0.4 is 4.74 Å². The molecule has 0 aliphatic rings. The van der Waals surface area contributed by atoms with Gasteiger partial charge in [-0.2, -0.15) is 4.98 Å². The van der Waals surface area contributed by atoms with Gasteiger partial charge >= 0.3 is 0 Å². The van der Waals surface area contributed by atoms with Gasteiger partial charge in [-0.15, -0.1) is 0 Å². The molecule has 0 radical (unpaired) electrons. The highest BCUT2D eigenvalue weighted by Gasteiger charge is 2.12. The third-order valence-corrected chi connectivity index (χ3v) is 4.02. The van der Waals surface area contributed by atoms with Crippen molar-refractivity contribution < 1.29 is 13.7 Å². The van der Waals surface area contributed by atoms with Crippen molar-refractivity contribution in [1.29, 1.82) is 0 Å². The van der Waals surface area contributed by atoms with Gasteiger partial charge in [0.2, 0.25) is 11.7 Å². The van der Waals surface area contributed by atoms with Crippen molar-refractivity contribution in [2.24, 2.45) is 0 Å². The van der Waals surface area contributed by atoms with Crippen molar-refractivity contribution >= 4 is 11.1 Å². The SMILES string of the molecule is COc1ccccc1CCc1nc(-c2ccc3oc(C)nc3c2)no1. The van der Waals surface area contributed by atoms with Crippen molar-refractivity contribution in [3.63, 3.8) is 0 Å². The molecule has 0 atom stereocenters.